The van der Waals surface area contributed by atoms with E-state index in [-0.39, 0.29) is 35.8 Å². The number of amides is 2. The molecule has 7 nitrogen and oxygen atoms in total. The van der Waals surface area contributed by atoms with E-state index >= 15 is 0 Å². The molecule has 0 spiro atoms. The van der Waals surface area contributed by atoms with Crippen LogP contribution < -0.4 is 5.73 Å². The summed E-state index contributed by atoms with van der Waals surface area (Å²) in [6.45, 7) is 4.07. The maximum Gasteiger partial charge on any atom is 0.259 e. The minimum Gasteiger partial charge on any atom is -0.370 e. The van der Waals surface area contributed by atoms with E-state index in [9.17, 15) is 14.0 Å². The molecule has 0 bridgehead atoms. The Morgan fingerprint density at radius 3 is 2.70 bits per heavy atom. The smallest absolute Gasteiger partial charge is 0.259 e. The zero-order chi connectivity index (χ0) is 19.6. The fourth-order valence-corrected chi connectivity index (χ4v) is 2.89. The number of nitrogens with zero attached hydrogens (tertiary/aromatic N) is 3. The van der Waals surface area contributed by atoms with Gasteiger partial charge in [0.05, 0.1) is 22.3 Å². The Morgan fingerprint density at radius 1 is 1.30 bits per heavy atom. The van der Waals surface area contributed by atoms with E-state index < -0.39 is 11.7 Å². The number of hydrogen-bond donors (Lipinski definition) is 1. The van der Waals surface area contributed by atoms with E-state index in [1.54, 1.807) is 32.0 Å². The lowest BCUT2D eigenvalue weighted by atomic mass is 10.0. The number of carbonyl (C=O) groups excluding carboxylic acids is 2. The second-order valence-electron chi connectivity index (χ2n) is 6.08. The fourth-order valence-electron chi connectivity index (χ4n) is 2.89. The van der Waals surface area contributed by atoms with Gasteiger partial charge in [0.15, 0.2) is 0 Å². The van der Waals surface area contributed by atoms with Crippen molar-refractivity contribution in [2.75, 3.05) is 13.1 Å². The highest BCUT2D eigenvalue weighted by atomic mass is 19.1. The molecule has 2 N–H and O–H groups in total. The number of rotatable bonds is 6. The Morgan fingerprint density at radius 2 is 2.04 bits per heavy atom. The van der Waals surface area contributed by atoms with Crippen molar-refractivity contribution in [3.8, 4) is 11.3 Å². The molecule has 3 aromatic rings. The number of benzene rings is 1. The van der Waals surface area contributed by atoms with Crippen LogP contribution in [0.4, 0.5) is 4.39 Å². The van der Waals surface area contributed by atoms with Crippen molar-refractivity contribution in [2.24, 2.45) is 5.73 Å². The van der Waals surface area contributed by atoms with Crippen LogP contribution in [0, 0.1) is 12.7 Å². The van der Waals surface area contributed by atoms with Gasteiger partial charge in [-0.15, -0.1) is 0 Å². The van der Waals surface area contributed by atoms with Crippen molar-refractivity contribution in [2.45, 2.75) is 20.3 Å². The van der Waals surface area contributed by atoms with Gasteiger partial charge in [-0.2, -0.15) is 0 Å². The molecule has 0 aliphatic carbocycles. The highest BCUT2D eigenvalue weighted by molar-refractivity contribution is 6.07. The zero-order valence-electron chi connectivity index (χ0n) is 15.0. The summed E-state index contributed by atoms with van der Waals surface area (Å²) >= 11 is 0. The molecular formula is C19H19FN4O3. The van der Waals surface area contributed by atoms with Crippen LogP contribution in [0.15, 0.2) is 34.9 Å². The topological polar surface area (TPSA) is 102 Å². The number of fused-ring (bicyclic) bond motifs is 1. The van der Waals surface area contributed by atoms with Crippen LogP contribution in [0.5, 0.6) is 0 Å². The molecule has 27 heavy (non-hydrogen) atoms. The molecule has 0 aliphatic heterocycles. The van der Waals surface area contributed by atoms with Crippen molar-refractivity contribution in [3.05, 3.63) is 47.4 Å². The molecular weight excluding hydrogens is 351 g/mol. The molecule has 2 aromatic heterocycles. The third-order valence-corrected chi connectivity index (χ3v) is 4.29. The molecule has 0 fully saturated rings. The van der Waals surface area contributed by atoms with Gasteiger partial charge in [-0.3, -0.25) is 9.59 Å². The van der Waals surface area contributed by atoms with E-state index in [0.29, 0.717) is 23.2 Å². The summed E-state index contributed by atoms with van der Waals surface area (Å²) in [6, 6.07) is 7.68. The monoisotopic (exact) mass is 370 g/mol. The number of pyridine rings is 1. The van der Waals surface area contributed by atoms with Crippen LogP contribution in [-0.2, 0) is 4.79 Å². The molecule has 0 radical (unpaired) electrons. The van der Waals surface area contributed by atoms with Gasteiger partial charge in [-0.05, 0) is 32.0 Å². The highest BCUT2D eigenvalue weighted by Gasteiger charge is 2.23. The highest BCUT2D eigenvalue weighted by Crippen LogP contribution is 2.29. The summed E-state index contributed by atoms with van der Waals surface area (Å²) in [5.41, 5.74) is 6.67. The van der Waals surface area contributed by atoms with Crippen molar-refractivity contribution in [3.63, 3.8) is 0 Å². The number of aromatic nitrogens is 2. The van der Waals surface area contributed by atoms with Crippen molar-refractivity contribution in [1.29, 1.82) is 0 Å². The number of primary amides is 1. The average Bonchev–Trinajstić information content (AvgIpc) is 3.02. The standard InChI is InChI=1S/C19H19FN4O3/c1-3-24(9-8-16(21)25)19(26)13-10-15(12-6-4-5-7-14(12)20)22-18-17(13)11(2)23-27-18/h4-7,10H,3,8-9H2,1-2H3,(H2,21,25). The van der Waals surface area contributed by atoms with Gasteiger partial charge in [0, 0.05) is 25.1 Å². The van der Waals surface area contributed by atoms with Crippen molar-refractivity contribution >= 4 is 22.9 Å². The second-order valence-corrected chi connectivity index (χ2v) is 6.08. The minimum absolute atomic E-state index is 0.0522. The first-order valence-corrected chi connectivity index (χ1v) is 8.51. The predicted molar refractivity (Wildman–Crippen MR) is 97.3 cm³/mol. The fraction of sp³-hybridized carbons (Fsp3) is 0.263. The number of nitrogens with two attached hydrogens (primary N) is 1. The first-order valence-electron chi connectivity index (χ1n) is 8.51. The van der Waals surface area contributed by atoms with Gasteiger partial charge in [0.25, 0.3) is 11.6 Å². The summed E-state index contributed by atoms with van der Waals surface area (Å²) in [5.74, 6) is -1.27. The summed E-state index contributed by atoms with van der Waals surface area (Å²) in [4.78, 5) is 30.0. The van der Waals surface area contributed by atoms with E-state index in [2.05, 4.69) is 10.1 Å². The van der Waals surface area contributed by atoms with E-state index in [4.69, 9.17) is 10.3 Å². The lowest BCUT2D eigenvalue weighted by Gasteiger charge is -2.21. The summed E-state index contributed by atoms with van der Waals surface area (Å²) in [6.07, 6.45) is 0.0522. The normalized spacial score (nSPS) is 10.9. The van der Waals surface area contributed by atoms with Crippen molar-refractivity contribution < 1.29 is 18.5 Å². The first-order chi connectivity index (χ1) is 12.9. The average molecular weight is 370 g/mol. The van der Waals surface area contributed by atoms with Crippen LogP contribution in [-0.4, -0.2) is 39.9 Å². The van der Waals surface area contributed by atoms with Gasteiger partial charge in [0.1, 0.15) is 5.82 Å². The molecule has 2 heterocycles. The van der Waals surface area contributed by atoms with Crippen molar-refractivity contribution in [1.82, 2.24) is 15.0 Å². The largest absolute Gasteiger partial charge is 0.370 e. The van der Waals surface area contributed by atoms with Crippen LogP contribution in [0.25, 0.3) is 22.4 Å². The molecule has 1 aromatic carbocycles. The predicted octanol–water partition coefficient (Wildman–Crippen LogP) is 2.67. The Labute approximate surface area is 154 Å². The third-order valence-electron chi connectivity index (χ3n) is 4.29. The van der Waals surface area contributed by atoms with Gasteiger partial charge < -0.3 is 15.2 Å². The number of carbonyl (C=O) groups is 2. The summed E-state index contributed by atoms with van der Waals surface area (Å²) in [5, 5.41) is 4.35. The molecule has 0 saturated carbocycles. The van der Waals surface area contributed by atoms with Gasteiger partial charge >= 0.3 is 0 Å². The van der Waals surface area contributed by atoms with Crippen LogP contribution in [0.3, 0.4) is 0 Å². The SMILES string of the molecule is CCN(CCC(N)=O)C(=O)c1cc(-c2ccccc2F)nc2onc(C)c12. The van der Waals surface area contributed by atoms with Crippen LogP contribution in [0.2, 0.25) is 0 Å². The Balaban J connectivity index is 2.13. The maximum absolute atomic E-state index is 14.2. The summed E-state index contributed by atoms with van der Waals surface area (Å²) in [7, 11) is 0. The number of aryl methyl sites for hydroxylation is 1. The van der Waals surface area contributed by atoms with Crippen LogP contribution >= 0.6 is 0 Å². The van der Waals surface area contributed by atoms with E-state index in [1.807, 2.05) is 0 Å². The second kappa shape index (κ2) is 7.53. The Bertz CT molecular complexity index is 1020. The molecule has 8 heteroatoms. The van der Waals surface area contributed by atoms with Gasteiger partial charge in [0.2, 0.25) is 5.91 Å². The Kier molecular flexibility index (Phi) is 5.16. The quantitative estimate of drug-likeness (QED) is 0.719. The van der Waals surface area contributed by atoms with Crippen LogP contribution in [0.1, 0.15) is 29.4 Å². The Hall–Kier alpha value is -3.29. The maximum atomic E-state index is 14.2. The molecule has 3 rings (SSSR count). The van der Waals surface area contributed by atoms with E-state index in [0.717, 1.165) is 0 Å². The third kappa shape index (κ3) is 3.64. The van der Waals surface area contributed by atoms with E-state index in [1.165, 1.54) is 17.0 Å². The molecule has 0 saturated heterocycles. The molecule has 140 valence electrons. The summed E-state index contributed by atoms with van der Waals surface area (Å²) < 4.78 is 19.4. The van der Waals surface area contributed by atoms with Gasteiger partial charge in [-0.1, -0.05) is 17.3 Å². The lowest BCUT2D eigenvalue weighted by molar-refractivity contribution is -0.118. The number of hydrogen-bond acceptors (Lipinski definition) is 5. The molecule has 0 atom stereocenters. The first kappa shape index (κ1) is 18.5. The lowest BCUT2D eigenvalue weighted by Crippen LogP contribution is -2.34. The molecule has 2 amide bonds. The van der Waals surface area contributed by atoms with Gasteiger partial charge in [-0.25, -0.2) is 9.37 Å². The minimum atomic E-state index is -0.491. The number of halogens is 1. The molecule has 0 unspecified atom stereocenters. The zero-order valence-corrected chi connectivity index (χ0v) is 15.0. The molecule has 0 aliphatic rings.